The molecule has 0 atom stereocenters. The second-order valence-electron chi connectivity index (χ2n) is 5.06. The van der Waals surface area contributed by atoms with Crippen LogP contribution in [0.25, 0.3) is 17.1 Å². The largest absolute Gasteiger partial charge is 0.236 e. The number of nitriles is 1. The normalized spacial score (nSPS) is 10.4. The first-order chi connectivity index (χ1) is 11.0. The molecule has 0 amide bonds. The first-order valence-electron chi connectivity index (χ1n) is 6.73. The van der Waals surface area contributed by atoms with Gasteiger partial charge >= 0.3 is 0 Å². The third-order valence-corrected chi connectivity index (χ3v) is 3.36. The molecule has 8 heteroatoms. The number of aryl methyl sites for hydroxylation is 1. The Labute approximate surface area is 137 Å². The van der Waals surface area contributed by atoms with Crippen molar-refractivity contribution in [2.75, 3.05) is 0 Å². The van der Waals surface area contributed by atoms with Crippen LogP contribution in [-0.2, 0) is 0 Å². The fourth-order valence-corrected chi connectivity index (χ4v) is 2.25. The lowest BCUT2D eigenvalue weighted by atomic mass is 9.80. The highest BCUT2D eigenvalue weighted by atomic mass is 15.3. The van der Waals surface area contributed by atoms with E-state index in [-0.39, 0.29) is 16.6 Å². The van der Waals surface area contributed by atoms with Gasteiger partial charge in [0.25, 0.3) is 0 Å². The second-order valence-corrected chi connectivity index (χ2v) is 5.06. The summed E-state index contributed by atoms with van der Waals surface area (Å²) < 4.78 is 1.36. The van der Waals surface area contributed by atoms with Crippen molar-refractivity contribution in [2.45, 2.75) is 6.92 Å². The molecular formula is C15H8B3N5. The van der Waals surface area contributed by atoms with Crippen LogP contribution in [0.4, 0.5) is 0 Å². The zero-order chi connectivity index (χ0) is 16.6. The maximum Gasteiger partial charge on any atom is 0.156 e. The third kappa shape index (κ3) is 2.78. The van der Waals surface area contributed by atoms with Crippen LogP contribution >= 0.6 is 0 Å². The number of nitrogens with zero attached hydrogens (tertiary/aromatic N) is 5. The average Bonchev–Trinajstić information content (AvgIpc) is 2.82. The Morgan fingerprint density at radius 3 is 2.52 bits per heavy atom. The lowest BCUT2D eigenvalue weighted by molar-refractivity contribution is 0.871. The van der Waals surface area contributed by atoms with E-state index in [1.54, 1.807) is 18.2 Å². The van der Waals surface area contributed by atoms with E-state index in [0.717, 1.165) is 11.1 Å². The smallest absolute Gasteiger partial charge is 0.156 e. The fraction of sp³-hybridized carbons (Fsp3) is 0.0667. The Morgan fingerprint density at radius 1 is 1.09 bits per heavy atom. The summed E-state index contributed by atoms with van der Waals surface area (Å²) >= 11 is 0. The summed E-state index contributed by atoms with van der Waals surface area (Å²) in [5.74, 6) is 0.441. The lowest BCUT2D eigenvalue weighted by Crippen LogP contribution is -2.35. The molecule has 2 heterocycles. The van der Waals surface area contributed by atoms with E-state index in [1.807, 2.05) is 13.0 Å². The van der Waals surface area contributed by atoms with Gasteiger partial charge in [-0.2, -0.15) is 10.4 Å². The van der Waals surface area contributed by atoms with Gasteiger partial charge in [-0.15, -0.1) is 0 Å². The van der Waals surface area contributed by atoms with Gasteiger partial charge in [-0.05, 0) is 36.3 Å². The number of aromatic nitrogens is 4. The molecule has 0 saturated heterocycles. The van der Waals surface area contributed by atoms with E-state index in [0.29, 0.717) is 17.1 Å². The highest BCUT2D eigenvalue weighted by molar-refractivity contribution is 6.56. The predicted octanol–water partition coefficient (Wildman–Crippen LogP) is -1.11. The Kier molecular flexibility index (Phi) is 3.79. The van der Waals surface area contributed by atoms with Crippen LogP contribution in [0.3, 0.4) is 0 Å². The van der Waals surface area contributed by atoms with Gasteiger partial charge in [-0.1, -0.05) is 5.46 Å². The summed E-state index contributed by atoms with van der Waals surface area (Å²) in [6.45, 7) is 1.92. The summed E-state index contributed by atoms with van der Waals surface area (Å²) in [4.78, 5) is 8.39. The maximum atomic E-state index is 9.09. The van der Waals surface area contributed by atoms with Crippen LogP contribution in [0, 0.1) is 18.3 Å². The first kappa shape index (κ1) is 15.1. The van der Waals surface area contributed by atoms with E-state index in [4.69, 9.17) is 28.8 Å². The van der Waals surface area contributed by atoms with Gasteiger partial charge < -0.3 is 0 Å². The lowest BCUT2D eigenvalue weighted by Gasteiger charge is -2.07. The van der Waals surface area contributed by atoms with Crippen LogP contribution in [0.2, 0.25) is 0 Å². The van der Waals surface area contributed by atoms with E-state index < -0.39 is 0 Å². The minimum absolute atomic E-state index is 0.144. The van der Waals surface area contributed by atoms with Crippen molar-refractivity contribution >= 4 is 40.2 Å². The molecule has 0 saturated carbocycles. The molecule has 5 nitrogen and oxygen atoms in total. The zero-order valence-corrected chi connectivity index (χ0v) is 12.4. The van der Waals surface area contributed by atoms with Gasteiger partial charge in [0, 0.05) is 17.2 Å². The van der Waals surface area contributed by atoms with Crippen LogP contribution in [-0.4, -0.2) is 43.3 Å². The summed E-state index contributed by atoms with van der Waals surface area (Å²) in [6, 6.07) is 9.33. The van der Waals surface area contributed by atoms with Crippen molar-refractivity contribution in [3.05, 3.63) is 41.7 Å². The molecule has 0 aliphatic heterocycles. The molecule has 102 valence electrons. The molecule has 1 aromatic carbocycles. The highest BCUT2D eigenvalue weighted by Crippen LogP contribution is 2.21. The summed E-state index contributed by atoms with van der Waals surface area (Å²) in [5.41, 5.74) is 3.55. The third-order valence-electron chi connectivity index (χ3n) is 3.36. The minimum atomic E-state index is 0.144. The average molecular weight is 291 g/mol. The van der Waals surface area contributed by atoms with Gasteiger partial charge in [0.2, 0.25) is 0 Å². The molecule has 0 fully saturated rings. The fourth-order valence-electron chi connectivity index (χ4n) is 2.25. The summed E-state index contributed by atoms with van der Waals surface area (Å²) in [6.07, 6.45) is 1.40. The Balaban J connectivity index is 2.12. The SMILES string of the molecule is [B]c1nn(-c2cc(-c3cc(C)cc(C#N)c3)ncn2)c([B])c1[B]. The molecule has 3 rings (SSSR count). The molecule has 0 bridgehead atoms. The van der Waals surface area contributed by atoms with Crippen LogP contribution in [0.5, 0.6) is 0 Å². The van der Waals surface area contributed by atoms with Gasteiger partial charge in [0.1, 0.15) is 29.9 Å². The van der Waals surface area contributed by atoms with Crippen molar-refractivity contribution in [3.63, 3.8) is 0 Å². The quantitative estimate of drug-likeness (QED) is 0.562. The van der Waals surface area contributed by atoms with Crippen molar-refractivity contribution in [1.29, 1.82) is 5.26 Å². The number of hydrogen-bond acceptors (Lipinski definition) is 4. The van der Waals surface area contributed by atoms with E-state index in [2.05, 4.69) is 21.1 Å². The molecule has 2 aromatic heterocycles. The number of hydrogen-bond donors (Lipinski definition) is 0. The number of rotatable bonds is 2. The Bertz CT molecular complexity index is 943. The highest BCUT2D eigenvalue weighted by Gasteiger charge is 2.11. The van der Waals surface area contributed by atoms with Crippen molar-refractivity contribution in [2.24, 2.45) is 0 Å². The molecule has 0 aliphatic rings. The van der Waals surface area contributed by atoms with Crippen molar-refractivity contribution in [1.82, 2.24) is 19.7 Å². The predicted molar refractivity (Wildman–Crippen MR) is 90.2 cm³/mol. The van der Waals surface area contributed by atoms with Crippen LogP contribution < -0.4 is 16.6 Å². The zero-order valence-electron chi connectivity index (χ0n) is 12.4. The van der Waals surface area contributed by atoms with Crippen molar-refractivity contribution < 1.29 is 0 Å². The Morgan fingerprint density at radius 2 is 1.87 bits per heavy atom. The van der Waals surface area contributed by atoms with Gasteiger partial charge in [-0.3, -0.25) is 0 Å². The molecule has 3 aromatic rings. The second kappa shape index (κ2) is 5.77. The summed E-state index contributed by atoms with van der Waals surface area (Å²) in [7, 11) is 17.3. The van der Waals surface area contributed by atoms with Crippen LogP contribution in [0.1, 0.15) is 11.1 Å². The summed E-state index contributed by atoms with van der Waals surface area (Å²) in [5, 5.41) is 13.2. The standard InChI is InChI=1S/C15H8B3N5/c1-8-2-9(6-19)4-10(3-8)11-5-12(21-7-20-11)23-15(18)13(16)14(17)22-23/h2-5,7H,1H3. The maximum absolute atomic E-state index is 9.09. The van der Waals surface area contributed by atoms with E-state index in [9.17, 15) is 0 Å². The van der Waals surface area contributed by atoms with Gasteiger partial charge in [0.05, 0.1) is 17.3 Å². The number of benzene rings is 1. The molecule has 0 N–H and O–H groups in total. The van der Waals surface area contributed by atoms with Crippen molar-refractivity contribution in [3.8, 4) is 23.1 Å². The Hall–Kier alpha value is -2.81. The van der Waals surface area contributed by atoms with E-state index in [1.165, 1.54) is 11.0 Å². The van der Waals surface area contributed by atoms with Gasteiger partial charge in [-0.25, -0.2) is 14.6 Å². The van der Waals surface area contributed by atoms with E-state index >= 15 is 0 Å². The van der Waals surface area contributed by atoms with Crippen LogP contribution in [0.15, 0.2) is 30.6 Å². The topological polar surface area (TPSA) is 67.4 Å². The monoisotopic (exact) mass is 291 g/mol. The van der Waals surface area contributed by atoms with Gasteiger partial charge in [0.15, 0.2) is 5.82 Å². The minimum Gasteiger partial charge on any atom is -0.236 e. The molecule has 0 spiro atoms. The molecule has 6 radical (unpaired) electrons. The molecule has 0 unspecified atom stereocenters. The molecule has 0 aliphatic carbocycles. The first-order valence-corrected chi connectivity index (χ1v) is 6.73. The molecule has 23 heavy (non-hydrogen) atoms. The molecular weight excluding hydrogens is 283 g/mol.